The summed E-state index contributed by atoms with van der Waals surface area (Å²) in [7, 11) is 0. The van der Waals surface area contributed by atoms with Crippen LogP contribution in [0.2, 0.25) is 0 Å². The maximum absolute atomic E-state index is 12.7. The van der Waals surface area contributed by atoms with E-state index >= 15 is 0 Å². The van der Waals surface area contributed by atoms with Crippen LogP contribution in [0.1, 0.15) is 28.6 Å². The van der Waals surface area contributed by atoms with E-state index < -0.39 is 0 Å². The SMILES string of the molecule is O=C(NC1CCSc2ccccc21)c1ccc(-c2nc3ccccc3s2)o1. The number of nitrogens with one attached hydrogen (secondary N) is 1. The number of rotatable bonds is 3. The molecule has 0 aliphatic carbocycles. The highest BCUT2D eigenvalue weighted by atomic mass is 32.2. The summed E-state index contributed by atoms with van der Waals surface area (Å²) in [6.07, 6.45) is 0.916. The summed E-state index contributed by atoms with van der Waals surface area (Å²) in [5.41, 5.74) is 2.12. The first-order valence-electron chi connectivity index (χ1n) is 8.76. The Morgan fingerprint density at radius 2 is 1.93 bits per heavy atom. The van der Waals surface area contributed by atoms with Gasteiger partial charge >= 0.3 is 0 Å². The van der Waals surface area contributed by atoms with Gasteiger partial charge in [0, 0.05) is 10.6 Å². The maximum atomic E-state index is 12.7. The molecule has 0 saturated heterocycles. The van der Waals surface area contributed by atoms with Gasteiger partial charge in [0.2, 0.25) is 0 Å². The summed E-state index contributed by atoms with van der Waals surface area (Å²) in [6.45, 7) is 0. The van der Waals surface area contributed by atoms with E-state index in [1.54, 1.807) is 17.4 Å². The number of aromatic nitrogens is 1. The van der Waals surface area contributed by atoms with Crippen LogP contribution in [0.3, 0.4) is 0 Å². The zero-order valence-electron chi connectivity index (χ0n) is 14.3. The monoisotopic (exact) mass is 392 g/mol. The van der Waals surface area contributed by atoms with Gasteiger partial charge in [-0.1, -0.05) is 30.3 Å². The Bertz CT molecular complexity index is 1100. The molecule has 27 heavy (non-hydrogen) atoms. The third kappa shape index (κ3) is 3.15. The van der Waals surface area contributed by atoms with Crippen molar-refractivity contribution in [2.45, 2.75) is 17.4 Å². The van der Waals surface area contributed by atoms with Crippen LogP contribution in [-0.4, -0.2) is 16.6 Å². The van der Waals surface area contributed by atoms with Crippen LogP contribution in [0.4, 0.5) is 0 Å². The number of carbonyl (C=O) groups excluding carboxylic acids is 1. The summed E-state index contributed by atoms with van der Waals surface area (Å²) in [6, 6.07) is 19.8. The van der Waals surface area contributed by atoms with Gasteiger partial charge in [0.1, 0.15) is 0 Å². The molecule has 2 aromatic heterocycles. The molecule has 0 radical (unpaired) electrons. The van der Waals surface area contributed by atoms with Crippen molar-refractivity contribution < 1.29 is 9.21 Å². The second-order valence-corrected chi connectivity index (χ2v) is 8.52. The van der Waals surface area contributed by atoms with Crippen molar-refractivity contribution in [2.24, 2.45) is 0 Å². The molecule has 4 nitrogen and oxygen atoms in total. The molecule has 1 N–H and O–H groups in total. The largest absolute Gasteiger partial charge is 0.448 e. The minimum Gasteiger partial charge on any atom is -0.448 e. The van der Waals surface area contributed by atoms with E-state index in [1.165, 1.54) is 10.5 Å². The van der Waals surface area contributed by atoms with Crippen molar-refractivity contribution in [3.8, 4) is 10.8 Å². The summed E-state index contributed by atoms with van der Waals surface area (Å²) in [4.78, 5) is 18.5. The molecule has 2 aromatic carbocycles. The molecule has 1 aliphatic rings. The lowest BCUT2D eigenvalue weighted by Gasteiger charge is -2.25. The third-order valence-corrected chi connectivity index (χ3v) is 6.77. The molecule has 1 unspecified atom stereocenters. The Morgan fingerprint density at radius 1 is 1.07 bits per heavy atom. The summed E-state index contributed by atoms with van der Waals surface area (Å²) in [5.74, 6) is 1.76. The molecule has 1 atom stereocenters. The molecule has 134 valence electrons. The smallest absolute Gasteiger partial charge is 0.287 e. The number of benzene rings is 2. The van der Waals surface area contributed by atoms with Crippen LogP contribution in [0.5, 0.6) is 0 Å². The molecule has 0 fully saturated rings. The topological polar surface area (TPSA) is 55.1 Å². The van der Waals surface area contributed by atoms with Crippen LogP contribution in [-0.2, 0) is 0 Å². The Kier molecular flexibility index (Phi) is 4.22. The van der Waals surface area contributed by atoms with Crippen molar-refractivity contribution >= 4 is 39.2 Å². The van der Waals surface area contributed by atoms with Gasteiger partial charge in [-0.05, 0) is 42.3 Å². The number of furan rings is 1. The second kappa shape index (κ2) is 6.87. The molecule has 3 heterocycles. The fourth-order valence-corrected chi connectivity index (χ4v) is 5.33. The van der Waals surface area contributed by atoms with E-state index in [2.05, 4.69) is 22.4 Å². The predicted molar refractivity (Wildman–Crippen MR) is 109 cm³/mol. The average molecular weight is 393 g/mol. The lowest BCUT2D eigenvalue weighted by Crippen LogP contribution is -2.30. The van der Waals surface area contributed by atoms with E-state index in [9.17, 15) is 4.79 Å². The normalized spacial score (nSPS) is 16.2. The Balaban J connectivity index is 1.38. The molecule has 1 aliphatic heterocycles. The second-order valence-electron chi connectivity index (χ2n) is 6.35. The maximum Gasteiger partial charge on any atom is 0.287 e. The van der Waals surface area contributed by atoms with Crippen LogP contribution >= 0.6 is 23.1 Å². The third-order valence-electron chi connectivity index (χ3n) is 4.60. The number of amides is 1. The molecular weight excluding hydrogens is 376 g/mol. The van der Waals surface area contributed by atoms with Gasteiger partial charge in [-0.15, -0.1) is 23.1 Å². The van der Waals surface area contributed by atoms with Crippen LogP contribution < -0.4 is 5.32 Å². The molecule has 4 aromatic rings. The van der Waals surface area contributed by atoms with Gasteiger partial charge in [0.25, 0.3) is 5.91 Å². The van der Waals surface area contributed by atoms with Crippen molar-refractivity contribution in [3.63, 3.8) is 0 Å². The van der Waals surface area contributed by atoms with E-state index in [-0.39, 0.29) is 11.9 Å². The van der Waals surface area contributed by atoms with E-state index in [4.69, 9.17) is 4.42 Å². The fourth-order valence-electron chi connectivity index (χ4n) is 3.27. The Labute approximate surface area is 164 Å². The summed E-state index contributed by atoms with van der Waals surface area (Å²) < 4.78 is 6.92. The highest BCUT2D eigenvalue weighted by molar-refractivity contribution is 7.99. The number of nitrogens with zero attached hydrogens (tertiary/aromatic N) is 1. The fraction of sp³-hybridized carbons (Fsp3) is 0.143. The lowest BCUT2D eigenvalue weighted by atomic mass is 10.0. The Morgan fingerprint density at radius 3 is 2.85 bits per heavy atom. The van der Waals surface area contributed by atoms with E-state index in [0.29, 0.717) is 11.5 Å². The number of thioether (sulfide) groups is 1. The van der Waals surface area contributed by atoms with Crippen molar-refractivity contribution in [2.75, 3.05) is 5.75 Å². The quantitative estimate of drug-likeness (QED) is 0.498. The number of hydrogen-bond donors (Lipinski definition) is 1. The van der Waals surface area contributed by atoms with Gasteiger partial charge in [-0.2, -0.15) is 0 Å². The van der Waals surface area contributed by atoms with Crippen LogP contribution in [0.15, 0.2) is 70.0 Å². The number of hydrogen-bond acceptors (Lipinski definition) is 5. The van der Waals surface area contributed by atoms with E-state index in [0.717, 1.165) is 27.4 Å². The minimum absolute atomic E-state index is 0.0194. The molecule has 0 spiro atoms. The number of para-hydroxylation sites is 1. The average Bonchev–Trinajstić information content (AvgIpc) is 3.35. The van der Waals surface area contributed by atoms with Crippen molar-refractivity contribution in [3.05, 3.63) is 72.0 Å². The number of carbonyl (C=O) groups is 1. The van der Waals surface area contributed by atoms with Crippen molar-refractivity contribution in [1.82, 2.24) is 10.3 Å². The molecule has 0 saturated carbocycles. The van der Waals surface area contributed by atoms with E-state index in [1.807, 2.05) is 54.2 Å². The predicted octanol–water partition coefficient (Wildman–Crippen LogP) is 5.52. The molecule has 6 heteroatoms. The first kappa shape index (κ1) is 16.6. The van der Waals surface area contributed by atoms with Gasteiger partial charge in [-0.25, -0.2) is 4.98 Å². The van der Waals surface area contributed by atoms with Crippen LogP contribution in [0.25, 0.3) is 21.0 Å². The van der Waals surface area contributed by atoms with Gasteiger partial charge < -0.3 is 9.73 Å². The standard InChI is InChI=1S/C21H16N2O2S2/c24-20(22-14-11-12-26-18-7-3-1-5-13(14)18)16-9-10-17(25-16)21-23-15-6-2-4-8-19(15)27-21/h1-10,14H,11-12H2,(H,22,24). The highest BCUT2D eigenvalue weighted by Gasteiger charge is 2.24. The molecule has 5 rings (SSSR count). The first-order valence-corrected chi connectivity index (χ1v) is 10.6. The van der Waals surface area contributed by atoms with Crippen LogP contribution in [0, 0.1) is 0 Å². The molecule has 1 amide bonds. The summed E-state index contributed by atoms with van der Waals surface area (Å²) >= 11 is 3.40. The lowest BCUT2D eigenvalue weighted by molar-refractivity contribution is 0.0907. The number of fused-ring (bicyclic) bond motifs is 2. The van der Waals surface area contributed by atoms with Gasteiger partial charge in [-0.3, -0.25) is 4.79 Å². The zero-order valence-corrected chi connectivity index (χ0v) is 16.0. The molecular formula is C21H16N2O2S2. The Hall–Kier alpha value is -2.57. The highest BCUT2D eigenvalue weighted by Crippen LogP contribution is 2.36. The van der Waals surface area contributed by atoms with Gasteiger partial charge in [0.15, 0.2) is 16.5 Å². The number of thiazole rings is 1. The first-order chi connectivity index (χ1) is 13.3. The summed E-state index contributed by atoms with van der Waals surface area (Å²) in [5, 5.41) is 3.91. The minimum atomic E-state index is -0.186. The van der Waals surface area contributed by atoms with Crippen molar-refractivity contribution in [1.29, 1.82) is 0 Å². The van der Waals surface area contributed by atoms with Gasteiger partial charge in [0.05, 0.1) is 16.3 Å². The molecule has 0 bridgehead atoms. The zero-order chi connectivity index (χ0) is 18.2.